The quantitative estimate of drug-likeness (QED) is 0.196. The molecule has 0 spiro atoms. The molecule has 7 nitrogen and oxygen atoms in total. The number of methoxy groups -OCH3 is 1. The summed E-state index contributed by atoms with van der Waals surface area (Å²) in [4.78, 5) is 31.1. The van der Waals surface area contributed by atoms with Gasteiger partial charge >= 0.3 is 0 Å². The van der Waals surface area contributed by atoms with E-state index in [2.05, 4.69) is 27.8 Å². The monoisotopic (exact) mass is 524 g/mol. The molecule has 1 saturated heterocycles. The summed E-state index contributed by atoms with van der Waals surface area (Å²) in [5, 5.41) is 6.45. The molecule has 1 heterocycles. The number of halogens is 1. The van der Waals surface area contributed by atoms with Crippen molar-refractivity contribution in [3.05, 3.63) is 41.5 Å². The highest BCUT2D eigenvalue weighted by molar-refractivity contribution is 14.0. The fourth-order valence-corrected chi connectivity index (χ4v) is 4.85. The van der Waals surface area contributed by atoms with Crippen molar-refractivity contribution in [3.8, 4) is 5.75 Å². The Labute approximate surface area is 194 Å². The van der Waals surface area contributed by atoms with E-state index in [0.717, 1.165) is 23.3 Å². The van der Waals surface area contributed by atoms with Crippen molar-refractivity contribution in [2.75, 3.05) is 27.2 Å². The van der Waals surface area contributed by atoms with Crippen LogP contribution in [0.2, 0.25) is 0 Å². The lowest BCUT2D eigenvalue weighted by atomic mass is 9.85. The van der Waals surface area contributed by atoms with E-state index >= 15 is 0 Å². The topological polar surface area (TPSA) is 83.0 Å². The number of nitrogens with one attached hydrogen (secondary N) is 2. The second-order valence-electron chi connectivity index (χ2n) is 7.98. The Hall–Kier alpha value is -2.10. The highest BCUT2D eigenvalue weighted by atomic mass is 127. The van der Waals surface area contributed by atoms with Crippen molar-refractivity contribution in [3.63, 3.8) is 0 Å². The Bertz CT molecular complexity index is 855. The molecule has 2 amide bonds. The van der Waals surface area contributed by atoms with Crippen LogP contribution in [0.3, 0.4) is 0 Å². The van der Waals surface area contributed by atoms with Crippen molar-refractivity contribution in [2.24, 2.45) is 28.7 Å². The fraction of sp³-hybridized carbons (Fsp3) is 0.500. The average molecular weight is 524 g/mol. The first-order valence-corrected chi connectivity index (χ1v) is 10.1. The third-order valence-electron chi connectivity index (χ3n) is 6.35. The molecule has 1 aliphatic heterocycles. The number of aliphatic imine (C=N–C) groups is 1. The Morgan fingerprint density at radius 3 is 2.43 bits per heavy atom. The van der Waals surface area contributed by atoms with Crippen molar-refractivity contribution in [1.29, 1.82) is 0 Å². The number of likely N-dealkylation sites (tertiary alicyclic amines) is 1. The number of ether oxygens (including phenoxy) is 1. The normalized spacial score (nSPS) is 26.6. The number of amides is 2. The highest BCUT2D eigenvalue weighted by Gasteiger charge is 2.58. The maximum Gasteiger partial charge on any atom is 0.233 e. The first kappa shape index (κ1) is 22.6. The summed E-state index contributed by atoms with van der Waals surface area (Å²) in [6, 6.07) is 6.06. The largest absolute Gasteiger partial charge is 0.496 e. The van der Waals surface area contributed by atoms with E-state index in [4.69, 9.17) is 4.74 Å². The number of allylic oxidation sites excluding steroid dienone is 2. The van der Waals surface area contributed by atoms with Crippen molar-refractivity contribution in [2.45, 2.75) is 19.9 Å². The average Bonchev–Trinajstić information content (AvgIpc) is 3.41. The number of carbonyl (C=O) groups is 2. The summed E-state index contributed by atoms with van der Waals surface area (Å²) in [7, 11) is 3.36. The number of benzene rings is 1. The van der Waals surface area contributed by atoms with Gasteiger partial charge in [0.25, 0.3) is 0 Å². The van der Waals surface area contributed by atoms with Crippen LogP contribution in [0.4, 0.5) is 0 Å². The van der Waals surface area contributed by atoms with Crippen LogP contribution in [0.5, 0.6) is 5.75 Å². The van der Waals surface area contributed by atoms with E-state index in [-0.39, 0.29) is 59.5 Å². The van der Waals surface area contributed by atoms with Gasteiger partial charge in [-0.1, -0.05) is 24.3 Å². The lowest BCUT2D eigenvalue weighted by Gasteiger charge is -2.18. The van der Waals surface area contributed by atoms with E-state index in [1.165, 1.54) is 4.90 Å². The van der Waals surface area contributed by atoms with Crippen LogP contribution in [0.15, 0.2) is 35.3 Å². The van der Waals surface area contributed by atoms with E-state index in [9.17, 15) is 9.59 Å². The standard InChI is InChI=1S/C22H28N4O3.HI/c1-13-4-5-14(10-17(13)29-3)12-25-22(23-2)24-8-9-26-20(27)18-15-6-7-16(11-15)19(18)21(26)28;/h4-7,10,15-16,18-19H,8-9,11-12H2,1-3H3,(H2,23,24,25);1H. The number of aryl methyl sites for hydroxylation is 1. The van der Waals surface area contributed by atoms with E-state index in [1.54, 1.807) is 14.2 Å². The molecule has 1 saturated carbocycles. The Morgan fingerprint density at radius 1 is 1.17 bits per heavy atom. The van der Waals surface area contributed by atoms with Gasteiger partial charge in [0.2, 0.25) is 11.8 Å². The summed E-state index contributed by atoms with van der Waals surface area (Å²) < 4.78 is 5.36. The van der Waals surface area contributed by atoms with Gasteiger partial charge in [-0.05, 0) is 42.4 Å². The van der Waals surface area contributed by atoms with Crippen LogP contribution < -0.4 is 15.4 Å². The minimum absolute atomic E-state index is 0. The summed E-state index contributed by atoms with van der Waals surface area (Å²) in [5.41, 5.74) is 2.17. The molecule has 1 aromatic carbocycles. The molecule has 0 radical (unpaired) electrons. The van der Waals surface area contributed by atoms with Crippen LogP contribution in [0, 0.1) is 30.6 Å². The Balaban J connectivity index is 0.00000256. The van der Waals surface area contributed by atoms with Crippen molar-refractivity contribution in [1.82, 2.24) is 15.5 Å². The molecule has 2 N–H and O–H groups in total. The zero-order chi connectivity index (χ0) is 20.5. The van der Waals surface area contributed by atoms with Gasteiger partial charge in [0.05, 0.1) is 18.9 Å². The summed E-state index contributed by atoms with van der Waals surface area (Å²) >= 11 is 0. The molecule has 2 fully saturated rings. The van der Waals surface area contributed by atoms with Gasteiger partial charge in [0, 0.05) is 26.7 Å². The van der Waals surface area contributed by atoms with Gasteiger partial charge in [0.1, 0.15) is 5.75 Å². The van der Waals surface area contributed by atoms with Gasteiger partial charge in [-0.25, -0.2) is 0 Å². The highest BCUT2D eigenvalue weighted by Crippen LogP contribution is 2.52. The molecule has 2 bridgehead atoms. The van der Waals surface area contributed by atoms with Gasteiger partial charge < -0.3 is 15.4 Å². The molecular weight excluding hydrogens is 495 g/mol. The smallest absolute Gasteiger partial charge is 0.233 e. The van der Waals surface area contributed by atoms with E-state index in [0.29, 0.717) is 25.6 Å². The molecule has 4 rings (SSSR count). The predicted molar refractivity (Wildman–Crippen MR) is 126 cm³/mol. The number of hydrogen-bond acceptors (Lipinski definition) is 4. The van der Waals surface area contributed by atoms with E-state index in [1.807, 2.05) is 25.1 Å². The van der Waals surface area contributed by atoms with Crippen molar-refractivity contribution >= 4 is 41.8 Å². The number of guanidine groups is 1. The van der Waals surface area contributed by atoms with Crippen LogP contribution in [0.25, 0.3) is 0 Å². The lowest BCUT2D eigenvalue weighted by Crippen LogP contribution is -2.43. The minimum atomic E-state index is -0.133. The van der Waals surface area contributed by atoms with Crippen LogP contribution in [0.1, 0.15) is 17.5 Å². The second-order valence-corrected chi connectivity index (χ2v) is 7.98. The maximum atomic E-state index is 12.7. The third-order valence-corrected chi connectivity index (χ3v) is 6.35. The molecule has 2 aliphatic carbocycles. The van der Waals surface area contributed by atoms with Crippen molar-refractivity contribution < 1.29 is 14.3 Å². The van der Waals surface area contributed by atoms with Crippen LogP contribution in [-0.2, 0) is 16.1 Å². The first-order valence-electron chi connectivity index (χ1n) is 10.1. The number of hydrogen-bond donors (Lipinski definition) is 2. The molecule has 8 heteroatoms. The van der Waals surface area contributed by atoms with E-state index < -0.39 is 0 Å². The molecule has 0 aromatic heterocycles. The maximum absolute atomic E-state index is 12.7. The lowest BCUT2D eigenvalue weighted by molar-refractivity contribution is -0.140. The Kier molecular flexibility index (Phi) is 7.05. The third kappa shape index (κ3) is 4.06. The number of fused-ring (bicyclic) bond motifs is 5. The van der Waals surface area contributed by atoms with Gasteiger partial charge in [-0.3, -0.25) is 19.5 Å². The molecular formula is C22H29IN4O3. The molecule has 4 atom stereocenters. The number of imide groups is 1. The van der Waals surface area contributed by atoms with Crippen LogP contribution in [-0.4, -0.2) is 49.9 Å². The molecule has 3 aliphatic rings. The summed E-state index contributed by atoms with van der Waals surface area (Å²) in [6.07, 6.45) is 5.19. The number of nitrogens with zero attached hydrogens (tertiary/aromatic N) is 2. The molecule has 162 valence electrons. The predicted octanol–water partition coefficient (Wildman–Crippen LogP) is 2.09. The Morgan fingerprint density at radius 2 is 1.83 bits per heavy atom. The zero-order valence-corrected chi connectivity index (χ0v) is 19.9. The van der Waals surface area contributed by atoms with Gasteiger partial charge in [-0.2, -0.15) is 0 Å². The summed E-state index contributed by atoms with van der Waals surface area (Å²) in [5.74, 6) is 1.71. The zero-order valence-electron chi connectivity index (χ0n) is 17.6. The van der Waals surface area contributed by atoms with Crippen LogP contribution >= 0.6 is 24.0 Å². The first-order chi connectivity index (χ1) is 14.0. The van der Waals surface area contributed by atoms with Gasteiger partial charge in [-0.15, -0.1) is 24.0 Å². The fourth-order valence-electron chi connectivity index (χ4n) is 4.85. The molecule has 30 heavy (non-hydrogen) atoms. The number of rotatable bonds is 6. The summed E-state index contributed by atoms with van der Waals surface area (Å²) in [6.45, 7) is 3.43. The second kappa shape index (κ2) is 9.36. The SMILES string of the molecule is CN=C(NCCN1C(=O)C2C3C=CC(C3)C2C1=O)NCc1ccc(C)c(OC)c1.I. The van der Waals surface area contributed by atoms with Gasteiger partial charge in [0.15, 0.2) is 5.96 Å². The molecule has 4 unspecified atom stereocenters. The minimum Gasteiger partial charge on any atom is -0.496 e. The number of carbonyl (C=O) groups excluding carboxylic acids is 2. The molecule has 1 aromatic rings.